The Morgan fingerprint density at radius 2 is 1.65 bits per heavy atom. The smallest absolute Gasteiger partial charge is 0.227 e. The molecule has 2 amide bonds. The van der Waals surface area contributed by atoms with Crippen LogP contribution in [0.5, 0.6) is 0 Å². The molecule has 0 radical (unpaired) electrons. The molecule has 7 heteroatoms. The van der Waals surface area contributed by atoms with Gasteiger partial charge in [0, 0.05) is 37.6 Å². The van der Waals surface area contributed by atoms with Crippen molar-refractivity contribution in [3.63, 3.8) is 0 Å². The number of benzene rings is 1. The summed E-state index contributed by atoms with van der Waals surface area (Å²) in [5.74, 6) is 0.995. The van der Waals surface area contributed by atoms with E-state index in [1.165, 1.54) is 6.42 Å². The van der Waals surface area contributed by atoms with Crippen molar-refractivity contribution >= 4 is 35.8 Å². The Hall–Kier alpha value is -1.30. The Morgan fingerprint density at radius 1 is 1.04 bits per heavy atom. The summed E-state index contributed by atoms with van der Waals surface area (Å²) in [5.41, 5.74) is 0.970. The van der Waals surface area contributed by atoms with Crippen LogP contribution in [0.4, 0.5) is 0 Å². The van der Waals surface area contributed by atoms with Crippen LogP contribution >= 0.6 is 24.0 Å². The van der Waals surface area contributed by atoms with Gasteiger partial charge in [-0.2, -0.15) is 0 Å². The van der Waals surface area contributed by atoms with Gasteiger partial charge in [-0.25, -0.2) is 0 Å². The van der Waals surface area contributed by atoms with Gasteiger partial charge in [0.05, 0.1) is 6.42 Å². The van der Waals surface area contributed by atoms with Crippen LogP contribution < -0.4 is 5.32 Å². The maximum absolute atomic E-state index is 12.4. The minimum absolute atomic E-state index is 0. The first-order valence-electron chi connectivity index (χ1n) is 9.12. The molecular weight excluding hydrogens is 373 g/mol. The molecule has 0 aliphatic carbocycles. The molecule has 1 aromatic carbocycles. The molecule has 2 aliphatic rings. The summed E-state index contributed by atoms with van der Waals surface area (Å²) >= 11 is 5.87. The van der Waals surface area contributed by atoms with Crippen molar-refractivity contribution in [1.29, 1.82) is 0 Å². The SMILES string of the molecule is Cl.O=C(CCC1CCNC1)N1CCN(C(=O)Cc2ccc(Cl)cc2)CC1. The lowest BCUT2D eigenvalue weighted by Crippen LogP contribution is -2.51. The lowest BCUT2D eigenvalue weighted by atomic mass is 10.0. The Kier molecular flexibility index (Phi) is 8.19. The van der Waals surface area contributed by atoms with Gasteiger partial charge in [0.1, 0.15) is 0 Å². The first-order chi connectivity index (χ1) is 12.1. The number of carbonyl (C=O) groups is 2. The van der Waals surface area contributed by atoms with E-state index in [1.807, 2.05) is 21.9 Å². The predicted molar refractivity (Wildman–Crippen MR) is 106 cm³/mol. The molecule has 1 unspecified atom stereocenters. The molecule has 1 atom stereocenters. The zero-order valence-corrected chi connectivity index (χ0v) is 16.5. The van der Waals surface area contributed by atoms with Crippen LogP contribution in [0.2, 0.25) is 5.02 Å². The number of halogens is 2. The van der Waals surface area contributed by atoms with E-state index in [0.29, 0.717) is 50.0 Å². The molecule has 2 saturated heterocycles. The molecule has 2 aliphatic heterocycles. The number of amides is 2. The second-order valence-electron chi connectivity index (χ2n) is 6.96. The number of nitrogens with one attached hydrogen (secondary N) is 1. The molecule has 1 N–H and O–H groups in total. The van der Waals surface area contributed by atoms with Crippen molar-refractivity contribution in [2.75, 3.05) is 39.3 Å². The van der Waals surface area contributed by atoms with Crippen LogP contribution in [0, 0.1) is 5.92 Å². The molecule has 3 rings (SSSR count). The van der Waals surface area contributed by atoms with E-state index in [1.54, 1.807) is 12.1 Å². The van der Waals surface area contributed by atoms with Crippen molar-refractivity contribution < 1.29 is 9.59 Å². The fourth-order valence-corrected chi connectivity index (χ4v) is 3.67. The Balaban J connectivity index is 0.00000243. The minimum Gasteiger partial charge on any atom is -0.339 e. The van der Waals surface area contributed by atoms with Gasteiger partial charge < -0.3 is 15.1 Å². The third-order valence-electron chi connectivity index (χ3n) is 5.18. The van der Waals surface area contributed by atoms with Gasteiger partial charge in [0.15, 0.2) is 0 Å². The van der Waals surface area contributed by atoms with Crippen LogP contribution in [0.15, 0.2) is 24.3 Å². The van der Waals surface area contributed by atoms with E-state index < -0.39 is 0 Å². The molecule has 0 bridgehead atoms. The summed E-state index contributed by atoms with van der Waals surface area (Å²) < 4.78 is 0. The first kappa shape index (κ1) is 21.0. The average molecular weight is 400 g/mol. The molecule has 2 fully saturated rings. The minimum atomic E-state index is 0. The summed E-state index contributed by atoms with van der Waals surface area (Å²) in [7, 11) is 0. The standard InChI is InChI=1S/C19H26ClN3O2.ClH/c20-17-4-1-15(2-5-17)13-19(25)23-11-9-22(10-12-23)18(24)6-3-16-7-8-21-14-16;/h1-2,4-5,16,21H,3,6-14H2;1H. The summed E-state index contributed by atoms with van der Waals surface area (Å²) in [5, 5.41) is 4.02. The summed E-state index contributed by atoms with van der Waals surface area (Å²) in [6.07, 6.45) is 3.17. The highest BCUT2D eigenvalue weighted by molar-refractivity contribution is 6.30. The second-order valence-corrected chi connectivity index (χ2v) is 7.40. The van der Waals surface area contributed by atoms with Gasteiger partial charge >= 0.3 is 0 Å². The Morgan fingerprint density at radius 3 is 2.23 bits per heavy atom. The third kappa shape index (κ3) is 5.86. The van der Waals surface area contributed by atoms with Crippen molar-refractivity contribution in [2.45, 2.75) is 25.7 Å². The van der Waals surface area contributed by atoms with E-state index in [9.17, 15) is 9.59 Å². The highest BCUT2D eigenvalue weighted by atomic mass is 35.5. The quantitative estimate of drug-likeness (QED) is 0.826. The van der Waals surface area contributed by atoms with E-state index in [2.05, 4.69) is 5.32 Å². The molecule has 144 valence electrons. The van der Waals surface area contributed by atoms with Gasteiger partial charge in [0.2, 0.25) is 11.8 Å². The van der Waals surface area contributed by atoms with Crippen LogP contribution in [0.25, 0.3) is 0 Å². The lowest BCUT2D eigenvalue weighted by molar-refractivity contribution is -0.139. The second kappa shape index (κ2) is 10.1. The molecule has 0 spiro atoms. The van der Waals surface area contributed by atoms with Crippen molar-refractivity contribution in [3.8, 4) is 0 Å². The number of hydrogen-bond donors (Lipinski definition) is 1. The van der Waals surface area contributed by atoms with E-state index in [0.717, 1.165) is 25.1 Å². The lowest BCUT2D eigenvalue weighted by Gasteiger charge is -2.35. The molecule has 5 nitrogen and oxygen atoms in total. The highest BCUT2D eigenvalue weighted by Gasteiger charge is 2.25. The predicted octanol–water partition coefficient (Wildman–Crippen LogP) is 2.36. The molecule has 1 aromatic rings. The highest BCUT2D eigenvalue weighted by Crippen LogP contribution is 2.16. The first-order valence-corrected chi connectivity index (χ1v) is 9.50. The van der Waals surface area contributed by atoms with Crippen molar-refractivity contribution in [2.24, 2.45) is 5.92 Å². The molecule has 0 saturated carbocycles. The zero-order chi connectivity index (χ0) is 17.6. The van der Waals surface area contributed by atoms with Crippen molar-refractivity contribution in [1.82, 2.24) is 15.1 Å². The topological polar surface area (TPSA) is 52.7 Å². The summed E-state index contributed by atoms with van der Waals surface area (Å²) in [6.45, 7) is 4.67. The van der Waals surface area contributed by atoms with Gasteiger partial charge in [-0.1, -0.05) is 23.7 Å². The van der Waals surface area contributed by atoms with Gasteiger partial charge in [0.25, 0.3) is 0 Å². The van der Waals surface area contributed by atoms with Crippen LogP contribution in [0.1, 0.15) is 24.8 Å². The largest absolute Gasteiger partial charge is 0.339 e. The van der Waals surface area contributed by atoms with Crippen LogP contribution in [-0.2, 0) is 16.0 Å². The maximum atomic E-state index is 12.4. The maximum Gasteiger partial charge on any atom is 0.227 e. The van der Waals surface area contributed by atoms with Gasteiger partial charge in [-0.05, 0) is 49.5 Å². The number of piperazine rings is 1. The monoisotopic (exact) mass is 399 g/mol. The fraction of sp³-hybridized carbons (Fsp3) is 0.579. The zero-order valence-electron chi connectivity index (χ0n) is 15.0. The van der Waals surface area contributed by atoms with Gasteiger partial charge in [-0.15, -0.1) is 12.4 Å². The number of carbonyl (C=O) groups excluding carboxylic acids is 2. The Bertz CT molecular complexity index is 595. The van der Waals surface area contributed by atoms with Crippen LogP contribution in [0.3, 0.4) is 0 Å². The van der Waals surface area contributed by atoms with E-state index >= 15 is 0 Å². The average Bonchev–Trinajstić information content (AvgIpc) is 3.15. The number of hydrogen-bond acceptors (Lipinski definition) is 3. The number of nitrogens with zero attached hydrogens (tertiary/aromatic N) is 2. The Labute approximate surface area is 166 Å². The summed E-state index contributed by atoms with van der Waals surface area (Å²) in [4.78, 5) is 28.5. The number of rotatable bonds is 5. The van der Waals surface area contributed by atoms with Crippen molar-refractivity contribution in [3.05, 3.63) is 34.9 Å². The van der Waals surface area contributed by atoms with E-state index in [4.69, 9.17) is 11.6 Å². The fourth-order valence-electron chi connectivity index (χ4n) is 3.54. The third-order valence-corrected chi connectivity index (χ3v) is 5.43. The molecular formula is C19H27Cl2N3O2. The van der Waals surface area contributed by atoms with E-state index in [-0.39, 0.29) is 24.2 Å². The normalized spacial score (nSPS) is 20.0. The molecule has 2 heterocycles. The van der Waals surface area contributed by atoms with Gasteiger partial charge in [-0.3, -0.25) is 9.59 Å². The molecule has 0 aromatic heterocycles. The summed E-state index contributed by atoms with van der Waals surface area (Å²) in [6, 6.07) is 7.39. The van der Waals surface area contributed by atoms with Crippen LogP contribution in [-0.4, -0.2) is 60.9 Å². The molecule has 26 heavy (non-hydrogen) atoms.